The minimum absolute atomic E-state index is 0.125. The highest BCUT2D eigenvalue weighted by Gasteiger charge is 2.23. The predicted molar refractivity (Wildman–Crippen MR) is 125 cm³/mol. The van der Waals surface area contributed by atoms with Gasteiger partial charge in [-0.15, -0.1) is 0 Å². The highest BCUT2D eigenvalue weighted by Crippen LogP contribution is 2.27. The first kappa shape index (κ1) is 22.0. The Kier molecular flexibility index (Phi) is 6.54. The number of nitriles is 1. The first-order valence-electron chi connectivity index (χ1n) is 10.6. The lowest BCUT2D eigenvalue weighted by molar-refractivity contribution is -0.117. The Balaban J connectivity index is 1.41. The van der Waals surface area contributed by atoms with Crippen LogP contribution in [0, 0.1) is 25.2 Å². The van der Waals surface area contributed by atoms with E-state index in [0.29, 0.717) is 17.9 Å². The Morgan fingerprint density at radius 2 is 1.88 bits per heavy atom. The van der Waals surface area contributed by atoms with Gasteiger partial charge in [0.1, 0.15) is 17.6 Å². The van der Waals surface area contributed by atoms with Crippen LogP contribution in [0.5, 0.6) is 0 Å². The van der Waals surface area contributed by atoms with Crippen molar-refractivity contribution in [3.8, 4) is 6.07 Å². The summed E-state index contributed by atoms with van der Waals surface area (Å²) >= 11 is 5.98. The topological polar surface area (TPSA) is 77.4 Å². The van der Waals surface area contributed by atoms with Gasteiger partial charge in [0, 0.05) is 42.6 Å². The number of aromatic nitrogens is 1. The van der Waals surface area contributed by atoms with E-state index in [-0.39, 0.29) is 12.5 Å². The van der Waals surface area contributed by atoms with Crippen molar-refractivity contribution in [3.05, 3.63) is 70.3 Å². The van der Waals surface area contributed by atoms with Crippen LogP contribution >= 0.6 is 11.6 Å². The van der Waals surface area contributed by atoms with E-state index in [1.54, 1.807) is 6.26 Å². The fourth-order valence-electron chi connectivity index (χ4n) is 4.08. The molecular weight excluding hydrogens is 426 g/mol. The highest BCUT2D eigenvalue weighted by molar-refractivity contribution is 6.30. The zero-order valence-corrected chi connectivity index (χ0v) is 19.0. The number of hydrogen-bond donors (Lipinski definition) is 1. The Bertz CT molecular complexity index is 1120. The van der Waals surface area contributed by atoms with Crippen LogP contribution in [0.2, 0.25) is 5.02 Å². The molecule has 1 fully saturated rings. The van der Waals surface area contributed by atoms with Crippen LogP contribution in [0.3, 0.4) is 0 Å². The van der Waals surface area contributed by atoms with Crippen LogP contribution in [0.4, 0.5) is 11.5 Å². The van der Waals surface area contributed by atoms with Crippen molar-refractivity contribution < 1.29 is 9.21 Å². The largest absolute Gasteiger partial charge is 0.467 e. The summed E-state index contributed by atoms with van der Waals surface area (Å²) in [5.41, 5.74) is 3.43. The third kappa shape index (κ3) is 4.67. The minimum atomic E-state index is -0.125. The normalized spacial score (nSPS) is 14.4. The molecule has 0 saturated carbocycles. The molecule has 1 aromatic carbocycles. The van der Waals surface area contributed by atoms with E-state index in [1.807, 2.05) is 54.8 Å². The molecule has 32 heavy (non-hydrogen) atoms. The second kappa shape index (κ2) is 9.51. The van der Waals surface area contributed by atoms with Gasteiger partial charge >= 0.3 is 0 Å². The maximum Gasteiger partial charge on any atom is 0.239 e. The molecule has 8 heteroatoms. The molecule has 0 atom stereocenters. The fraction of sp³-hybridized carbons (Fsp3) is 0.333. The summed E-state index contributed by atoms with van der Waals surface area (Å²) in [5.74, 6) is 1.17. The number of amides is 1. The van der Waals surface area contributed by atoms with Gasteiger partial charge in [-0.25, -0.2) is 0 Å². The van der Waals surface area contributed by atoms with Crippen LogP contribution in [-0.2, 0) is 11.3 Å². The zero-order chi connectivity index (χ0) is 22.7. The molecule has 166 valence electrons. The maximum absolute atomic E-state index is 12.9. The smallest absolute Gasteiger partial charge is 0.239 e. The van der Waals surface area contributed by atoms with E-state index in [1.165, 1.54) is 0 Å². The molecule has 0 aliphatic carbocycles. The highest BCUT2D eigenvalue weighted by atomic mass is 35.5. The number of nitrogens with zero attached hydrogens (tertiary/aromatic N) is 4. The van der Waals surface area contributed by atoms with Gasteiger partial charge in [-0.2, -0.15) is 5.26 Å². The number of anilines is 2. The third-order valence-electron chi connectivity index (χ3n) is 6.02. The standard InChI is InChI=1S/C24H26ClN5O2/c1-17-18(2)30(15-21-4-3-13-32-21)24(22(17)14-26)27-23(31)16-28-9-11-29(12-10-28)20-7-5-19(25)6-8-20/h3-8,13H,9-12,15-16H2,1-2H3,(H,27,31). The second-order valence-electron chi connectivity index (χ2n) is 8.00. The summed E-state index contributed by atoms with van der Waals surface area (Å²) in [6.07, 6.45) is 1.62. The molecule has 4 rings (SSSR count). The molecule has 7 nitrogen and oxygen atoms in total. The number of benzene rings is 1. The van der Waals surface area contributed by atoms with Gasteiger partial charge in [0.05, 0.1) is 24.9 Å². The van der Waals surface area contributed by atoms with Crippen molar-refractivity contribution in [3.63, 3.8) is 0 Å². The first-order chi connectivity index (χ1) is 15.5. The van der Waals surface area contributed by atoms with Crippen molar-refractivity contribution in [1.82, 2.24) is 9.47 Å². The van der Waals surface area contributed by atoms with Crippen molar-refractivity contribution in [2.75, 3.05) is 42.9 Å². The molecular formula is C24H26ClN5O2. The van der Waals surface area contributed by atoms with E-state index in [0.717, 1.165) is 53.9 Å². The zero-order valence-electron chi connectivity index (χ0n) is 18.3. The Hall–Kier alpha value is -3.21. The van der Waals surface area contributed by atoms with Crippen molar-refractivity contribution in [1.29, 1.82) is 5.26 Å². The lowest BCUT2D eigenvalue weighted by Crippen LogP contribution is -2.48. The second-order valence-corrected chi connectivity index (χ2v) is 8.44. The molecule has 0 radical (unpaired) electrons. The van der Waals surface area contributed by atoms with Gasteiger partial charge in [-0.1, -0.05) is 11.6 Å². The SMILES string of the molecule is Cc1c(C#N)c(NC(=O)CN2CCN(c3ccc(Cl)cc3)CC2)n(Cc2ccco2)c1C. The predicted octanol–water partition coefficient (Wildman–Crippen LogP) is 4.03. The van der Waals surface area contributed by atoms with Gasteiger partial charge in [-0.05, 0) is 55.8 Å². The van der Waals surface area contributed by atoms with E-state index < -0.39 is 0 Å². The third-order valence-corrected chi connectivity index (χ3v) is 6.28. The summed E-state index contributed by atoms with van der Waals surface area (Å²) in [5, 5.41) is 13.4. The van der Waals surface area contributed by atoms with Gasteiger partial charge < -0.3 is 19.2 Å². The molecule has 0 bridgehead atoms. The van der Waals surface area contributed by atoms with E-state index in [4.69, 9.17) is 16.0 Å². The van der Waals surface area contributed by atoms with E-state index in [9.17, 15) is 10.1 Å². The molecule has 1 aliphatic rings. The number of carbonyl (C=O) groups excluding carboxylic acids is 1. The van der Waals surface area contributed by atoms with Crippen LogP contribution in [0.15, 0.2) is 47.1 Å². The number of hydrogen-bond acceptors (Lipinski definition) is 5. The summed E-state index contributed by atoms with van der Waals surface area (Å²) in [6, 6.07) is 13.8. The summed E-state index contributed by atoms with van der Waals surface area (Å²) < 4.78 is 7.41. The summed E-state index contributed by atoms with van der Waals surface area (Å²) in [6.45, 7) is 7.83. The van der Waals surface area contributed by atoms with Gasteiger partial charge in [-0.3, -0.25) is 9.69 Å². The van der Waals surface area contributed by atoms with Gasteiger partial charge in [0.25, 0.3) is 0 Å². The van der Waals surface area contributed by atoms with Crippen molar-refractivity contribution >= 4 is 29.0 Å². The number of nitrogens with one attached hydrogen (secondary N) is 1. The molecule has 0 unspecified atom stereocenters. The molecule has 3 aromatic rings. The van der Waals surface area contributed by atoms with Crippen LogP contribution in [-0.4, -0.2) is 48.1 Å². The molecule has 2 aromatic heterocycles. The quantitative estimate of drug-likeness (QED) is 0.612. The summed E-state index contributed by atoms with van der Waals surface area (Å²) in [4.78, 5) is 17.3. The number of carbonyl (C=O) groups is 1. The molecule has 0 spiro atoms. The number of rotatable bonds is 6. The Labute approximate surface area is 192 Å². The van der Waals surface area contributed by atoms with Crippen molar-refractivity contribution in [2.45, 2.75) is 20.4 Å². The Morgan fingerprint density at radius 3 is 2.50 bits per heavy atom. The number of furan rings is 1. The number of halogens is 1. The number of piperazine rings is 1. The molecule has 3 heterocycles. The van der Waals surface area contributed by atoms with Gasteiger partial charge in [0.2, 0.25) is 5.91 Å². The van der Waals surface area contributed by atoms with E-state index in [2.05, 4.69) is 21.2 Å². The molecule has 1 N–H and O–H groups in total. The first-order valence-corrected chi connectivity index (χ1v) is 11.0. The lowest BCUT2D eigenvalue weighted by Gasteiger charge is -2.35. The van der Waals surface area contributed by atoms with Crippen LogP contribution < -0.4 is 10.2 Å². The average molecular weight is 452 g/mol. The maximum atomic E-state index is 12.9. The molecule has 1 aliphatic heterocycles. The van der Waals surface area contributed by atoms with Crippen molar-refractivity contribution in [2.24, 2.45) is 0 Å². The summed E-state index contributed by atoms with van der Waals surface area (Å²) in [7, 11) is 0. The van der Waals surface area contributed by atoms with E-state index >= 15 is 0 Å². The lowest BCUT2D eigenvalue weighted by atomic mass is 10.2. The molecule has 1 amide bonds. The average Bonchev–Trinajstić information content (AvgIpc) is 3.38. The van der Waals surface area contributed by atoms with Crippen LogP contribution in [0.25, 0.3) is 0 Å². The van der Waals surface area contributed by atoms with Gasteiger partial charge in [0.15, 0.2) is 0 Å². The fourth-order valence-corrected chi connectivity index (χ4v) is 4.20. The monoisotopic (exact) mass is 451 g/mol. The van der Waals surface area contributed by atoms with Crippen LogP contribution in [0.1, 0.15) is 22.6 Å². The minimum Gasteiger partial charge on any atom is -0.467 e. The molecule has 1 saturated heterocycles. The Morgan fingerprint density at radius 1 is 1.16 bits per heavy atom.